The minimum absolute atomic E-state index is 0.267. The Balaban J connectivity index is 1.84. The van der Waals surface area contributed by atoms with Crippen LogP contribution >= 0.6 is 0 Å². The van der Waals surface area contributed by atoms with Gasteiger partial charge in [-0.25, -0.2) is 5.43 Å². The standard InChI is InChI=1S/C16H17N3O3/c1-11-8-9-14(22-11)10-17-19-16(21)15(20)18-12(2)13-6-4-3-5-7-13/h3-10,12H,1-2H3,(H,18,20)(H,19,21)/b17-10-/t12-/m0/s1. The Hall–Kier alpha value is -2.89. The molecule has 6 heteroatoms. The van der Waals surface area contributed by atoms with Gasteiger partial charge in [0, 0.05) is 0 Å². The van der Waals surface area contributed by atoms with Crippen LogP contribution in [0.3, 0.4) is 0 Å². The van der Waals surface area contributed by atoms with Gasteiger partial charge in [-0.3, -0.25) is 9.59 Å². The molecule has 0 spiro atoms. The van der Waals surface area contributed by atoms with Crippen molar-refractivity contribution in [2.75, 3.05) is 0 Å². The molecule has 2 amide bonds. The number of aryl methyl sites for hydroxylation is 1. The Labute approximate surface area is 128 Å². The fourth-order valence-electron chi connectivity index (χ4n) is 1.82. The number of benzene rings is 1. The van der Waals surface area contributed by atoms with E-state index in [4.69, 9.17) is 4.42 Å². The van der Waals surface area contributed by atoms with Crippen LogP contribution in [0.2, 0.25) is 0 Å². The van der Waals surface area contributed by atoms with Crippen molar-refractivity contribution in [2.45, 2.75) is 19.9 Å². The van der Waals surface area contributed by atoms with E-state index in [0.29, 0.717) is 5.76 Å². The molecular formula is C16H17N3O3. The van der Waals surface area contributed by atoms with Crippen LogP contribution < -0.4 is 10.7 Å². The van der Waals surface area contributed by atoms with E-state index in [1.54, 1.807) is 26.0 Å². The largest absolute Gasteiger partial charge is 0.460 e. The Kier molecular flexibility index (Phi) is 5.08. The van der Waals surface area contributed by atoms with Gasteiger partial charge in [0.1, 0.15) is 11.5 Å². The number of rotatable bonds is 4. The van der Waals surface area contributed by atoms with Crippen molar-refractivity contribution in [1.82, 2.24) is 10.7 Å². The minimum Gasteiger partial charge on any atom is -0.460 e. The maximum atomic E-state index is 11.8. The number of furan rings is 1. The van der Waals surface area contributed by atoms with Crippen molar-refractivity contribution >= 4 is 18.0 Å². The molecule has 2 N–H and O–H groups in total. The van der Waals surface area contributed by atoms with Gasteiger partial charge in [0.2, 0.25) is 0 Å². The number of amides is 2. The first-order valence-corrected chi connectivity index (χ1v) is 6.81. The molecule has 1 atom stereocenters. The summed E-state index contributed by atoms with van der Waals surface area (Å²) >= 11 is 0. The summed E-state index contributed by atoms with van der Waals surface area (Å²) in [5, 5.41) is 6.28. The third kappa shape index (κ3) is 4.31. The second-order valence-electron chi connectivity index (χ2n) is 4.75. The molecule has 22 heavy (non-hydrogen) atoms. The number of carbonyl (C=O) groups is 2. The molecule has 0 aliphatic carbocycles. The van der Waals surface area contributed by atoms with E-state index in [-0.39, 0.29) is 6.04 Å². The first-order valence-electron chi connectivity index (χ1n) is 6.81. The van der Waals surface area contributed by atoms with Gasteiger partial charge in [-0.15, -0.1) is 0 Å². The van der Waals surface area contributed by atoms with Crippen LogP contribution in [-0.2, 0) is 9.59 Å². The van der Waals surface area contributed by atoms with Crippen LogP contribution in [0.15, 0.2) is 52.0 Å². The van der Waals surface area contributed by atoms with Crippen molar-refractivity contribution in [2.24, 2.45) is 5.10 Å². The summed E-state index contributed by atoms with van der Waals surface area (Å²) in [7, 11) is 0. The van der Waals surface area contributed by atoms with E-state index in [1.807, 2.05) is 30.3 Å². The highest BCUT2D eigenvalue weighted by Crippen LogP contribution is 2.10. The van der Waals surface area contributed by atoms with Gasteiger partial charge in [-0.05, 0) is 31.5 Å². The smallest absolute Gasteiger partial charge is 0.329 e. The summed E-state index contributed by atoms with van der Waals surface area (Å²) in [5.74, 6) is -0.343. The van der Waals surface area contributed by atoms with Gasteiger partial charge in [-0.1, -0.05) is 30.3 Å². The van der Waals surface area contributed by atoms with E-state index < -0.39 is 11.8 Å². The third-order valence-corrected chi connectivity index (χ3v) is 2.97. The first kappa shape index (κ1) is 15.5. The fraction of sp³-hybridized carbons (Fsp3) is 0.188. The lowest BCUT2D eigenvalue weighted by atomic mass is 10.1. The lowest BCUT2D eigenvalue weighted by Gasteiger charge is -2.13. The van der Waals surface area contributed by atoms with Crippen LogP contribution in [0, 0.1) is 6.92 Å². The highest BCUT2D eigenvalue weighted by Gasteiger charge is 2.16. The highest BCUT2D eigenvalue weighted by molar-refractivity contribution is 6.35. The van der Waals surface area contributed by atoms with E-state index in [2.05, 4.69) is 15.8 Å². The fourth-order valence-corrected chi connectivity index (χ4v) is 1.82. The third-order valence-electron chi connectivity index (χ3n) is 2.97. The minimum atomic E-state index is -0.831. The van der Waals surface area contributed by atoms with Crippen molar-refractivity contribution in [3.05, 3.63) is 59.5 Å². The molecule has 114 valence electrons. The molecule has 0 aliphatic rings. The van der Waals surface area contributed by atoms with Crippen molar-refractivity contribution < 1.29 is 14.0 Å². The summed E-state index contributed by atoms with van der Waals surface area (Å²) in [6.07, 6.45) is 1.33. The molecule has 1 aromatic carbocycles. The normalized spacial score (nSPS) is 12.1. The first-order chi connectivity index (χ1) is 10.6. The summed E-state index contributed by atoms with van der Waals surface area (Å²) in [4.78, 5) is 23.4. The molecule has 0 bridgehead atoms. The van der Waals surface area contributed by atoms with Gasteiger partial charge in [0.15, 0.2) is 0 Å². The van der Waals surface area contributed by atoms with E-state index in [0.717, 1.165) is 11.3 Å². The topological polar surface area (TPSA) is 83.7 Å². The molecule has 2 aromatic rings. The van der Waals surface area contributed by atoms with Gasteiger partial charge in [-0.2, -0.15) is 5.10 Å². The van der Waals surface area contributed by atoms with Crippen LogP contribution in [-0.4, -0.2) is 18.0 Å². The van der Waals surface area contributed by atoms with Crippen molar-refractivity contribution in [1.29, 1.82) is 0 Å². The Morgan fingerprint density at radius 3 is 2.50 bits per heavy atom. The molecule has 2 rings (SSSR count). The molecule has 0 unspecified atom stereocenters. The molecule has 0 aliphatic heterocycles. The monoisotopic (exact) mass is 299 g/mol. The SMILES string of the molecule is Cc1ccc(/C=N\NC(=O)C(=O)N[C@@H](C)c2ccccc2)o1. The highest BCUT2D eigenvalue weighted by atomic mass is 16.3. The lowest BCUT2D eigenvalue weighted by molar-refractivity contribution is -0.139. The number of hydrogen-bond donors (Lipinski definition) is 2. The predicted octanol–water partition coefficient (Wildman–Crippen LogP) is 1.92. The van der Waals surface area contributed by atoms with E-state index >= 15 is 0 Å². The summed E-state index contributed by atoms with van der Waals surface area (Å²) in [6.45, 7) is 3.60. The Morgan fingerprint density at radius 2 is 1.86 bits per heavy atom. The molecule has 1 aromatic heterocycles. The molecule has 0 fully saturated rings. The molecule has 0 saturated heterocycles. The second kappa shape index (κ2) is 7.21. The summed E-state index contributed by atoms with van der Waals surface area (Å²) in [6, 6.07) is 12.6. The average molecular weight is 299 g/mol. The number of hydrogen-bond acceptors (Lipinski definition) is 4. The molecular weight excluding hydrogens is 282 g/mol. The van der Waals surface area contributed by atoms with Gasteiger partial charge in [0.05, 0.1) is 12.3 Å². The number of carbonyl (C=O) groups excluding carboxylic acids is 2. The molecule has 1 heterocycles. The molecule has 6 nitrogen and oxygen atoms in total. The number of hydrazone groups is 1. The van der Waals surface area contributed by atoms with Crippen LogP contribution in [0.1, 0.15) is 30.0 Å². The quantitative estimate of drug-likeness (QED) is 0.514. The predicted molar refractivity (Wildman–Crippen MR) is 82.2 cm³/mol. The Morgan fingerprint density at radius 1 is 1.14 bits per heavy atom. The van der Waals surface area contributed by atoms with E-state index in [9.17, 15) is 9.59 Å². The van der Waals surface area contributed by atoms with Gasteiger partial charge in [0.25, 0.3) is 0 Å². The number of nitrogens with zero attached hydrogens (tertiary/aromatic N) is 1. The Bertz CT molecular complexity index is 677. The van der Waals surface area contributed by atoms with Gasteiger partial charge >= 0.3 is 11.8 Å². The van der Waals surface area contributed by atoms with Crippen LogP contribution in [0.25, 0.3) is 0 Å². The number of nitrogens with one attached hydrogen (secondary N) is 2. The molecule has 0 radical (unpaired) electrons. The van der Waals surface area contributed by atoms with Crippen molar-refractivity contribution in [3.63, 3.8) is 0 Å². The zero-order valence-corrected chi connectivity index (χ0v) is 12.4. The maximum absolute atomic E-state index is 11.8. The van der Waals surface area contributed by atoms with Crippen LogP contribution in [0.5, 0.6) is 0 Å². The zero-order valence-electron chi connectivity index (χ0n) is 12.4. The van der Waals surface area contributed by atoms with Crippen molar-refractivity contribution in [3.8, 4) is 0 Å². The molecule has 0 saturated carbocycles. The lowest BCUT2D eigenvalue weighted by Crippen LogP contribution is -2.39. The summed E-state index contributed by atoms with van der Waals surface area (Å²) < 4.78 is 5.25. The zero-order chi connectivity index (χ0) is 15.9. The van der Waals surface area contributed by atoms with Crippen LogP contribution in [0.4, 0.5) is 0 Å². The summed E-state index contributed by atoms with van der Waals surface area (Å²) in [5.41, 5.74) is 3.07. The van der Waals surface area contributed by atoms with Gasteiger partial charge < -0.3 is 9.73 Å². The van der Waals surface area contributed by atoms with E-state index in [1.165, 1.54) is 6.21 Å². The second-order valence-corrected chi connectivity index (χ2v) is 4.75. The maximum Gasteiger partial charge on any atom is 0.329 e. The average Bonchev–Trinajstić information content (AvgIpc) is 2.93.